The summed E-state index contributed by atoms with van der Waals surface area (Å²) in [6.07, 6.45) is 3.65. The van der Waals surface area contributed by atoms with E-state index in [2.05, 4.69) is 20.5 Å². The van der Waals surface area contributed by atoms with Gasteiger partial charge in [0.15, 0.2) is 0 Å². The van der Waals surface area contributed by atoms with E-state index in [1.807, 2.05) is 42.5 Å². The molecular formula is C20H16N6O3. The Morgan fingerprint density at radius 2 is 1.86 bits per heavy atom. The van der Waals surface area contributed by atoms with Gasteiger partial charge in [0.2, 0.25) is 5.82 Å². The van der Waals surface area contributed by atoms with Crippen molar-refractivity contribution < 1.29 is 13.6 Å². The van der Waals surface area contributed by atoms with Gasteiger partial charge in [0, 0.05) is 12.0 Å². The fraction of sp³-hybridized carbons (Fsp3) is 0.150. The van der Waals surface area contributed by atoms with Crippen molar-refractivity contribution in [3.8, 4) is 11.4 Å². The molecule has 1 amide bonds. The van der Waals surface area contributed by atoms with E-state index in [0.717, 1.165) is 5.56 Å². The number of hydrogen-bond acceptors (Lipinski definition) is 7. The molecule has 9 nitrogen and oxygen atoms in total. The molecule has 4 aromatic rings. The maximum atomic E-state index is 13.0. The number of tetrazole rings is 1. The highest BCUT2D eigenvalue weighted by Gasteiger charge is 2.36. The van der Waals surface area contributed by atoms with Gasteiger partial charge >= 0.3 is 0 Å². The Bertz CT molecular complexity index is 1130. The first-order chi connectivity index (χ1) is 14.3. The number of furan rings is 2. The lowest BCUT2D eigenvalue weighted by molar-refractivity contribution is -0.134. The van der Waals surface area contributed by atoms with Gasteiger partial charge in [-0.15, -0.1) is 10.2 Å². The number of hydrazone groups is 1. The SMILES string of the molecule is O=C(Cn1nnc(-c2ccccc2)n1)N1N=C(c2ccco2)CC1c1ccco1. The number of nitrogens with zero attached hydrogens (tertiary/aromatic N) is 6. The van der Waals surface area contributed by atoms with Gasteiger partial charge in [-0.25, -0.2) is 5.01 Å². The van der Waals surface area contributed by atoms with Crippen molar-refractivity contribution in [1.82, 2.24) is 25.2 Å². The van der Waals surface area contributed by atoms with Crippen LogP contribution in [0, 0.1) is 0 Å². The predicted octanol–water partition coefficient (Wildman–Crippen LogP) is 2.90. The second-order valence-corrected chi connectivity index (χ2v) is 6.51. The molecule has 1 aliphatic heterocycles. The summed E-state index contributed by atoms with van der Waals surface area (Å²) in [6.45, 7) is -0.0913. The molecule has 1 aliphatic rings. The van der Waals surface area contributed by atoms with Crippen LogP contribution >= 0.6 is 0 Å². The van der Waals surface area contributed by atoms with Gasteiger partial charge in [0.1, 0.15) is 29.8 Å². The first-order valence-electron chi connectivity index (χ1n) is 9.08. The van der Waals surface area contributed by atoms with Crippen molar-refractivity contribution in [2.75, 3.05) is 0 Å². The molecule has 5 rings (SSSR count). The summed E-state index contributed by atoms with van der Waals surface area (Å²) < 4.78 is 11.0. The fourth-order valence-corrected chi connectivity index (χ4v) is 3.24. The summed E-state index contributed by atoms with van der Waals surface area (Å²) in [5.74, 6) is 1.47. The molecule has 0 saturated carbocycles. The molecule has 0 fully saturated rings. The van der Waals surface area contributed by atoms with E-state index in [1.54, 1.807) is 24.7 Å². The van der Waals surface area contributed by atoms with Crippen molar-refractivity contribution >= 4 is 11.6 Å². The van der Waals surface area contributed by atoms with Crippen molar-refractivity contribution in [2.45, 2.75) is 19.0 Å². The number of carbonyl (C=O) groups excluding carboxylic acids is 1. The Kier molecular flexibility index (Phi) is 4.24. The second kappa shape index (κ2) is 7.19. The third-order valence-corrected chi connectivity index (χ3v) is 4.60. The van der Waals surface area contributed by atoms with Crippen LogP contribution in [-0.4, -0.2) is 36.8 Å². The third kappa shape index (κ3) is 3.33. The van der Waals surface area contributed by atoms with Crippen LogP contribution in [-0.2, 0) is 11.3 Å². The smallest absolute Gasteiger partial charge is 0.267 e. The zero-order valence-electron chi connectivity index (χ0n) is 15.3. The van der Waals surface area contributed by atoms with Gasteiger partial charge in [-0.2, -0.15) is 9.90 Å². The van der Waals surface area contributed by atoms with Crippen LogP contribution in [0.2, 0.25) is 0 Å². The van der Waals surface area contributed by atoms with E-state index in [0.29, 0.717) is 29.5 Å². The van der Waals surface area contributed by atoms with E-state index in [1.165, 1.54) is 9.81 Å². The maximum Gasteiger partial charge on any atom is 0.267 e. The molecule has 1 unspecified atom stereocenters. The average Bonchev–Trinajstić information content (AvgIpc) is 3.55. The normalized spacial score (nSPS) is 16.2. The average molecular weight is 388 g/mol. The minimum absolute atomic E-state index is 0.0913. The lowest BCUT2D eigenvalue weighted by atomic mass is 10.1. The first kappa shape index (κ1) is 17.1. The number of rotatable bonds is 5. The summed E-state index contributed by atoms with van der Waals surface area (Å²) in [5, 5.41) is 18.2. The summed E-state index contributed by atoms with van der Waals surface area (Å²) in [6, 6.07) is 16.3. The minimum atomic E-state index is -0.352. The van der Waals surface area contributed by atoms with Gasteiger partial charge in [-0.3, -0.25) is 4.79 Å². The Morgan fingerprint density at radius 3 is 2.62 bits per heavy atom. The van der Waals surface area contributed by atoms with Gasteiger partial charge in [0.25, 0.3) is 5.91 Å². The van der Waals surface area contributed by atoms with Crippen LogP contribution < -0.4 is 0 Å². The van der Waals surface area contributed by atoms with Gasteiger partial charge < -0.3 is 8.83 Å². The lowest BCUT2D eigenvalue weighted by Gasteiger charge is -2.19. The Hall–Kier alpha value is -4.01. The van der Waals surface area contributed by atoms with Crippen LogP contribution in [0.25, 0.3) is 11.4 Å². The molecule has 4 heterocycles. The molecule has 3 aromatic heterocycles. The van der Waals surface area contributed by atoms with E-state index in [-0.39, 0.29) is 18.5 Å². The molecule has 1 aromatic carbocycles. The fourth-order valence-electron chi connectivity index (χ4n) is 3.24. The van der Waals surface area contributed by atoms with E-state index in [9.17, 15) is 4.79 Å². The molecule has 0 N–H and O–H groups in total. The molecular weight excluding hydrogens is 372 g/mol. The van der Waals surface area contributed by atoms with Crippen LogP contribution in [0.1, 0.15) is 24.0 Å². The van der Waals surface area contributed by atoms with Crippen molar-refractivity contribution in [3.05, 3.63) is 78.6 Å². The Morgan fingerprint density at radius 1 is 1.03 bits per heavy atom. The van der Waals surface area contributed by atoms with Crippen molar-refractivity contribution in [3.63, 3.8) is 0 Å². The largest absolute Gasteiger partial charge is 0.467 e. The van der Waals surface area contributed by atoms with Gasteiger partial charge in [-0.1, -0.05) is 30.3 Å². The van der Waals surface area contributed by atoms with Crippen LogP contribution in [0.3, 0.4) is 0 Å². The quantitative estimate of drug-likeness (QED) is 0.521. The van der Waals surface area contributed by atoms with Crippen LogP contribution in [0.4, 0.5) is 0 Å². The number of carbonyl (C=O) groups is 1. The van der Waals surface area contributed by atoms with E-state index < -0.39 is 0 Å². The third-order valence-electron chi connectivity index (χ3n) is 4.60. The topological polar surface area (TPSA) is 103 Å². The standard InChI is InChI=1S/C20H16N6O3/c27-19(13-25-23-20(21-24-25)14-6-2-1-3-7-14)26-16(18-9-5-11-29-18)12-15(22-26)17-8-4-10-28-17/h1-11,16H,12-13H2. The summed E-state index contributed by atoms with van der Waals surface area (Å²) in [5.41, 5.74) is 1.51. The molecule has 0 radical (unpaired) electrons. The monoisotopic (exact) mass is 388 g/mol. The molecule has 0 saturated heterocycles. The number of aromatic nitrogens is 4. The summed E-state index contributed by atoms with van der Waals surface area (Å²) >= 11 is 0. The zero-order valence-corrected chi connectivity index (χ0v) is 15.3. The Labute approximate surface area is 165 Å². The molecule has 1 atom stereocenters. The maximum absolute atomic E-state index is 13.0. The van der Waals surface area contributed by atoms with Crippen LogP contribution in [0.15, 0.2) is 81.1 Å². The number of hydrogen-bond donors (Lipinski definition) is 0. The van der Waals surface area contributed by atoms with Crippen LogP contribution in [0.5, 0.6) is 0 Å². The number of amides is 1. The van der Waals surface area contributed by atoms with E-state index >= 15 is 0 Å². The highest BCUT2D eigenvalue weighted by molar-refractivity contribution is 6.01. The molecule has 29 heavy (non-hydrogen) atoms. The molecule has 144 valence electrons. The number of benzene rings is 1. The highest BCUT2D eigenvalue weighted by atomic mass is 16.3. The first-order valence-corrected chi connectivity index (χ1v) is 9.08. The minimum Gasteiger partial charge on any atom is -0.467 e. The second-order valence-electron chi connectivity index (χ2n) is 6.51. The van der Waals surface area contributed by atoms with Crippen molar-refractivity contribution in [1.29, 1.82) is 0 Å². The summed E-state index contributed by atoms with van der Waals surface area (Å²) in [4.78, 5) is 14.3. The van der Waals surface area contributed by atoms with E-state index in [4.69, 9.17) is 8.83 Å². The summed E-state index contributed by atoms with van der Waals surface area (Å²) in [7, 11) is 0. The Balaban J connectivity index is 1.39. The van der Waals surface area contributed by atoms with Gasteiger partial charge in [0.05, 0.1) is 12.5 Å². The molecule has 9 heteroatoms. The zero-order chi connectivity index (χ0) is 19.6. The molecule has 0 aliphatic carbocycles. The molecule has 0 bridgehead atoms. The van der Waals surface area contributed by atoms with Gasteiger partial charge in [-0.05, 0) is 29.5 Å². The van der Waals surface area contributed by atoms with Crippen molar-refractivity contribution in [2.24, 2.45) is 5.10 Å². The molecule has 0 spiro atoms. The predicted molar refractivity (Wildman–Crippen MR) is 101 cm³/mol. The highest BCUT2D eigenvalue weighted by Crippen LogP contribution is 2.33. The lowest BCUT2D eigenvalue weighted by Crippen LogP contribution is -2.31.